The summed E-state index contributed by atoms with van der Waals surface area (Å²) in [6, 6.07) is 4.00. The molecule has 0 spiro atoms. The molecule has 0 fully saturated rings. The minimum absolute atomic E-state index is 0.733. The van der Waals surface area contributed by atoms with E-state index in [1.54, 1.807) is 6.20 Å². The summed E-state index contributed by atoms with van der Waals surface area (Å²) in [6.07, 6.45) is 4.62. The first-order valence-electron chi connectivity index (χ1n) is 6.53. The predicted octanol–water partition coefficient (Wildman–Crippen LogP) is 1.44. The Labute approximate surface area is 112 Å². The van der Waals surface area contributed by atoms with E-state index in [1.807, 2.05) is 19.2 Å². The van der Waals surface area contributed by atoms with Gasteiger partial charge in [-0.05, 0) is 18.6 Å². The minimum atomic E-state index is 0.733. The topological polar surface area (TPSA) is 62.7 Å². The lowest BCUT2D eigenvalue weighted by molar-refractivity contribution is 0.624. The fraction of sp³-hybridized carbons (Fsp3) is 0.357. The number of fused-ring (bicyclic) bond motifs is 1. The standard InChI is InChI=1S/C14H17N5/c1-10-18-13-4-6-16-9-12(13)14(19-10)17-8-11-3-2-5-15-7-11/h2-3,5,7,16H,4,6,8-9H2,1H3,(H,17,18,19). The van der Waals surface area contributed by atoms with Crippen molar-refractivity contribution in [3.8, 4) is 0 Å². The summed E-state index contributed by atoms with van der Waals surface area (Å²) in [4.78, 5) is 13.2. The van der Waals surface area contributed by atoms with E-state index in [0.29, 0.717) is 0 Å². The van der Waals surface area contributed by atoms with Gasteiger partial charge in [0.2, 0.25) is 0 Å². The zero-order valence-electron chi connectivity index (χ0n) is 11.0. The smallest absolute Gasteiger partial charge is 0.134 e. The summed E-state index contributed by atoms with van der Waals surface area (Å²) >= 11 is 0. The first kappa shape index (κ1) is 12.0. The molecule has 2 aromatic rings. The van der Waals surface area contributed by atoms with Crippen LogP contribution in [0.1, 0.15) is 22.6 Å². The van der Waals surface area contributed by atoms with Crippen LogP contribution in [-0.2, 0) is 19.5 Å². The molecule has 2 N–H and O–H groups in total. The van der Waals surface area contributed by atoms with Crippen molar-refractivity contribution in [1.29, 1.82) is 0 Å². The molecular formula is C14H17N5. The number of nitrogens with one attached hydrogen (secondary N) is 2. The van der Waals surface area contributed by atoms with Gasteiger partial charge in [-0.2, -0.15) is 0 Å². The van der Waals surface area contributed by atoms with E-state index in [-0.39, 0.29) is 0 Å². The summed E-state index contributed by atoms with van der Waals surface area (Å²) in [5, 5.41) is 6.77. The molecule has 3 rings (SSSR count). The summed E-state index contributed by atoms with van der Waals surface area (Å²) in [7, 11) is 0. The van der Waals surface area contributed by atoms with Gasteiger partial charge in [0.05, 0.1) is 5.69 Å². The van der Waals surface area contributed by atoms with Crippen LogP contribution < -0.4 is 10.6 Å². The number of aryl methyl sites for hydroxylation is 1. The van der Waals surface area contributed by atoms with Gasteiger partial charge >= 0.3 is 0 Å². The number of aromatic nitrogens is 3. The molecule has 0 unspecified atom stereocenters. The molecule has 0 saturated carbocycles. The molecule has 1 aliphatic rings. The Balaban J connectivity index is 1.82. The van der Waals surface area contributed by atoms with E-state index in [2.05, 4.69) is 31.7 Å². The molecule has 0 amide bonds. The van der Waals surface area contributed by atoms with Crippen molar-refractivity contribution in [1.82, 2.24) is 20.3 Å². The molecule has 98 valence electrons. The van der Waals surface area contributed by atoms with Gasteiger partial charge in [-0.3, -0.25) is 4.98 Å². The molecule has 5 heteroatoms. The van der Waals surface area contributed by atoms with Gasteiger partial charge in [0.25, 0.3) is 0 Å². The van der Waals surface area contributed by atoms with Crippen molar-refractivity contribution < 1.29 is 0 Å². The highest BCUT2D eigenvalue weighted by molar-refractivity contribution is 5.48. The number of pyridine rings is 1. The third-order valence-corrected chi connectivity index (χ3v) is 3.23. The van der Waals surface area contributed by atoms with Gasteiger partial charge in [-0.15, -0.1) is 0 Å². The van der Waals surface area contributed by atoms with Gasteiger partial charge in [0.1, 0.15) is 11.6 Å². The molecule has 0 aliphatic carbocycles. The Kier molecular flexibility index (Phi) is 3.37. The number of rotatable bonds is 3. The van der Waals surface area contributed by atoms with Crippen LogP contribution in [0.5, 0.6) is 0 Å². The molecule has 0 aromatic carbocycles. The van der Waals surface area contributed by atoms with E-state index in [1.165, 1.54) is 11.3 Å². The summed E-state index contributed by atoms with van der Waals surface area (Å²) in [5.74, 6) is 1.77. The van der Waals surface area contributed by atoms with Crippen molar-refractivity contribution >= 4 is 5.82 Å². The second kappa shape index (κ2) is 5.32. The normalized spacial score (nSPS) is 13.9. The highest BCUT2D eigenvalue weighted by atomic mass is 15.1. The maximum absolute atomic E-state index is 4.53. The Hall–Kier alpha value is -2.01. The molecular weight excluding hydrogens is 238 g/mol. The van der Waals surface area contributed by atoms with Crippen LogP contribution in [0.15, 0.2) is 24.5 Å². The molecule has 0 radical (unpaired) electrons. The predicted molar refractivity (Wildman–Crippen MR) is 73.7 cm³/mol. The molecule has 0 bridgehead atoms. The highest BCUT2D eigenvalue weighted by Gasteiger charge is 2.16. The van der Waals surface area contributed by atoms with Crippen LogP contribution in [0.3, 0.4) is 0 Å². The van der Waals surface area contributed by atoms with Crippen LogP contribution in [0, 0.1) is 6.92 Å². The van der Waals surface area contributed by atoms with Gasteiger partial charge in [-0.25, -0.2) is 9.97 Å². The lowest BCUT2D eigenvalue weighted by Gasteiger charge is -2.20. The monoisotopic (exact) mass is 255 g/mol. The lowest BCUT2D eigenvalue weighted by atomic mass is 10.1. The SMILES string of the molecule is Cc1nc2c(c(NCc3cccnc3)n1)CNCC2. The van der Waals surface area contributed by atoms with Crippen LogP contribution in [0.25, 0.3) is 0 Å². The average Bonchev–Trinajstić information content (AvgIpc) is 2.45. The maximum Gasteiger partial charge on any atom is 0.134 e. The first-order valence-corrected chi connectivity index (χ1v) is 6.53. The molecule has 1 aliphatic heterocycles. The number of anilines is 1. The molecule has 0 atom stereocenters. The van der Waals surface area contributed by atoms with E-state index in [4.69, 9.17) is 0 Å². The fourth-order valence-electron chi connectivity index (χ4n) is 2.30. The van der Waals surface area contributed by atoms with Crippen molar-refractivity contribution in [2.75, 3.05) is 11.9 Å². The van der Waals surface area contributed by atoms with Crippen LogP contribution in [0.4, 0.5) is 5.82 Å². The van der Waals surface area contributed by atoms with E-state index in [0.717, 1.165) is 43.3 Å². The zero-order valence-corrected chi connectivity index (χ0v) is 11.0. The van der Waals surface area contributed by atoms with Gasteiger partial charge in [-0.1, -0.05) is 6.07 Å². The Bertz CT molecular complexity index is 568. The quantitative estimate of drug-likeness (QED) is 0.869. The largest absolute Gasteiger partial charge is 0.366 e. The molecule has 3 heterocycles. The molecule has 0 saturated heterocycles. The van der Waals surface area contributed by atoms with Gasteiger partial charge in [0, 0.05) is 44.0 Å². The van der Waals surface area contributed by atoms with Crippen molar-refractivity contribution in [2.45, 2.75) is 26.4 Å². The fourth-order valence-corrected chi connectivity index (χ4v) is 2.30. The van der Waals surface area contributed by atoms with Crippen molar-refractivity contribution in [2.24, 2.45) is 0 Å². The van der Waals surface area contributed by atoms with Crippen LogP contribution >= 0.6 is 0 Å². The Morgan fingerprint density at radius 3 is 3.16 bits per heavy atom. The zero-order chi connectivity index (χ0) is 13.1. The summed E-state index contributed by atoms with van der Waals surface area (Å²) < 4.78 is 0. The van der Waals surface area contributed by atoms with Crippen molar-refractivity contribution in [3.63, 3.8) is 0 Å². The molecule has 19 heavy (non-hydrogen) atoms. The van der Waals surface area contributed by atoms with E-state index < -0.39 is 0 Å². The third kappa shape index (κ3) is 2.71. The maximum atomic E-state index is 4.53. The Morgan fingerprint density at radius 1 is 1.37 bits per heavy atom. The summed E-state index contributed by atoms with van der Waals surface area (Å²) in [6.45, 7) is 4.50. The lowest BCUT2D eigenvalue weighted by Crippen LogP contribution is -2.26. The minimum Gasteiger partial charge on any atom is -0.366 e. The number of nitrogens with zero attached hydrogens (tertiary/aromatic N) is 3. The van der Waals surface area contributed by atoms with Crippen molar-refractivity contribution in [3.05, 3.63) is 47.2 Å². The average molecular weight is 255 g/mol. The number of hydrogen-bond acceptors (Lipinski definition) is 5. The summed E-state index contributed by atoms with van der Waals surface area (Å²) in [5.41, 5.74) is 3.51. The van der Waals surface area contributed by atoms with Crippen LogP contribution in [-0.4, -0.2) is 21.5 Å². The number of hydrogen-bond donors (Lipinski definition) is 2. The van der Waals surface area contributed by atoms with Gasteiger partial charge < -0.3 is 10.6 Å². The second-order valence-electron chi connectivity index (χ2n) is 4.69. The van der Waals surface area contributed by atoms with Gasteiger partial charge in [0.15, 0.2) is 0 Å². The molecule has 5 nitrogen and oxygen atoms in total. The Morgan fingerprint density at radius 2 is 2.32 bits per heavy atom. The highest BCUT2D eigenvalue weighted by Crippen LogP contribution is 2.20. The third-order valence-electron chi connectivity index (χ3n) is 3.23. The van der Waals surface area contributed by atoms with Crippen LogP contribution in [0.2, 0.25) is 0 Å². The first-order chi connectivity index (χ1) is 9.33. The second-order valence-corrected chi connectivity index (χ2v) is 4.69. The molecule has 2 aromatic heterocycles. The van der Waals surface area contributed by atoms with E-state index in [9.17, 15) is 0 Å². The van der Waals surface area contributed by atoms with E-state index >= 15 is 0 Å².